The van der Waals surface area contributed by atoms with Crippen LogP contribution in [0.15, 0.2) is 41.9 Å². The van der Waals surface area contributed by atoms with Gasteiger partial charge in [-0.15, -0.1) is 0 Å². The summed E-state index contributed by atoms with van der Waals surface area (Å²) in [5, 5.41) is 4.16. The fourth-order valence-electron chi connectivity index (χ4n) is 3.17. The lowest BCUT2D eigenvalue weighted by Crippen LogP contribution is -2.53. The van der Waals surface area contributed by atoms with Crippen LogP contribution in [0, 0.1) is 5.82 Å². The van der Waals surface area contributed by atoms with Crippen molar-refractivity contribution < 1.29 is 9.18 Å². The molecule has 0 radical (unpaired) electrons. The number of piperazine rings is 1. The molecule has 1 saturated heterocycles. The zero-order chi connectivity index (χ0) is 18.6. The van der Waals surface area contributed by atoms with Crippen LogP contribution in [0.25, 0.3) is 11.2 Å². The third kappa shape index (κ3) is 4.25. The average molecular weight is 386 g/mol. The van der Waals surface area contributed by atoms with Crippen molar-refractivity contribution in [3.05, 3.63) is 48.3 Å². The molecule has 140 valence electrons. The van der Waals surface area contributed by atoms with E-state index in [1.54, 1.807) is 18.5 Å². The molecule has 1 aromatic carbocycles. The number of imidazole rings is 1. The fraction of sp³-hybridized carbons (Fsp3) is 0.333. The maximum atomic E-state index is 13.0. The van der Waals surface area contributed by atoms with Crippen LogP contribution in [0.1, 0.15) is 5.56 Å². The maximum Gasteiger partial charge on any atom is 0.233 e. The van der Waals surface area contributed by atoms with Gasteiger partial charge in [-0.1, -0.05) is 23.9 Å². The summed E-state index contributed by atoms with van der Waals surface area (Å²) in [6.45, 7) is 2.07. The molecule has 0 aliphatic carbocycles. The summed E-state index contributed by atoms with van der Waals surface area (Å²) in [4.78, 5) is 30.0. The number of carbonyl (C=O) groups excluding carboxylic acids is 1. The Morgan fingerprint density at radius 1 is 1.26 bits per heavy atom. The number of aromatic nitrogens is 4. The number of carbonyl (C=O) groups is 1. The van der Waals surface area contributed by atoms with Gasteiger partial charge in [0.25, 0.3) is 0 Å². The van der Waals surface area contributed by atoms with Crippen LogP contribution in [-0.4, -0.2) is 62.2 Å². The largest absolute Gasteiger partial charge is 0.341 e. The van der Waals surface area contributed by atoms with Crippen LogP contribution < -0.4 is 5.32 Å². The molecule has 0 bridgehead atoms. The second kappa shape index (κ2) is 8.01. The van der Waals surface area contributed by atoms with Crippen LogP contribution in [-0.2, 0) is 11.2 Å². The number of hydrogen-bond donors (Lipinski definition) is 2. The van der Waals surface area contributed by atoms with Crippen molar-refractivity contribution in [3.8, 4) is 0 Å². The zero-order valence-corrected chi connectivity index (χ0v) is 15.4. The standard InChI is InChI=1S/C18H19FN6OS/c19-13-3-1-12(2-4-13)7-14-8-25(6-5-20-14)15(26)9-27-18-16-17(22-10-21-16)23-11-24-18/h1-4,10-11,14,20H,5-9H2,(H,21,22,23,24). The van der Waals surface area contributed by atoms with Crippen LogP contribution in [0.2, 0.25) is 0 Å². The molecule has 3 heterocycles. The van der Waals surface area contributed by atoms with Gasteiger partial charge in [-0.3, -0.25) is 4.79 Å². The number of thioether (sulfide) groups is 1. The van der Waals surface area contributed by atoms with Gasteiger partial charge in [0.15, 0.2) is 5.65 Å². The number of nitrogens with zero attached hydrogens (tertiary/aromatic N) is 4. The van der Waals surface area contributed by atoms with Crippen LogP contribution in [0.3, 0.4) is 0 Å². The molecule has 1 fully saturated rings. The predicted octanol–water partition coefficient (Wildman–Crippen LogP) is 1.63. The summed E-state index contributed by atoms with van der Waals surface area (Å²) in [5.41, 5.74) is 2.41. The molecule has 7 nitrogen and oxygen atoms in total. The third-order valence-corrected chi connectivity index (χ3v) is 5.50. The first-order valence-electron chi connectivity index (χ1n) is 8.71. The molecule has 27 heavy (non-hydrogen) atoms. The number of H-pyrrole nitrogens is 1. The number of nitrogens with one attached hydrogen (secondary N) is 2. The van der Waals surface area contributed by atoms with Crippen LogP contribution in [0.5, 0.6) is 0 Å². The van der Waals surface area contributed by atoms with Crippen LogP contribution >= 0.6 is 11.8 Å². The Morgan fingerprint density at radius 2 is 2.11 bits per heavy atom. The molecule has 2 N–H and O–H groups in total. The molecule has 4 rings (SSSR count). The van der Waals surface area contributed by atoms with Crippen molar-refractivity contribution in [2.45, 2.75) is 17.5 Å². The highest BCUT2D eigenvalue weighted by Crippen LogP contribution is 2.22. The summed E-state index contributed by atoms with van der Waals surface area (Å²) in [6.07, 6.45) is 3.79. The van der Waals surface area contributed by atoms with Crippen molar-refractivity contribution in [3.63, 3.8) is 0 Å². The molecule has 1 unspecified atom stereocenters. The summed E-state index contributed by atoms with van der Waals surface area (Å²) in [6, 6.07) is 6.68. The third-order valence-electron chi connectivity index (χ3n) is 4.52. The number of amides is 1. The minimum atomic E-state index is -0.236. The van der Waals surface area contributed by atoms with Gasteiger partial charge < -0.3 is 15.2 Å². The van der Waals surface area contributed by atoms with E-state index in [1.165, 1.54) is 30.2 Å². The van der Waals surface area contributed by atoms with Gasteiger partial charge in [-0.2, -0.15) is 0 Å². The van der Waals surface area contributed by atoms with E-state index in [4.69, 9.17) is 0 Å². The van der Waals surface area contributed by atoms with Crippen molar-refractivity contribution in [1.29, 1.82) is 0 Å². The van der Waals surface area contributed by atoms with Gasteiger partial charge in [0, 0.05) is 25.7 Å². The number of fused-ring (bicyclic) bond motifs is 1. The number of rotatable bonds is 5. The molecule has 2 aromatic heterocycles. The first-order chi connectivity index (χ1) is 13.2. The lowest BCUT2D eigenvalue weighted by atomic mass is 10.0. The van der Waals surface area contributed by atoms with Gasteiger partial charge >= 0.3 is 0 Å². The van der Waals surface area contributed by atoms with E-state index in [2.05, 4.69) is 25.3 Å². The zero-order valence-electron chi connectivity index (χ0n) is 14.6. The van der Waals surface area contributed by atoms with Gasteiger partial charge in [-0.25, -0.2) is 19.3 Å². The summed E-state index contributed by atoms with van der Waals surface area (Å²) < 4.78 is 13.0. The molecule has 9 heteroatoms. The molecule has 1 aliphatic rings. The second-order valence-electron chi connectivity index (χ2n) is 6.39. The molecule has 1 amide bonds. The van der Waals surface area contributed by atoms with E-state index in [0.29, 0.717) is 24.5 Å². The van der Waals surface area contributed by atoms with Crippen molar-refractivity contribution in [2.24, 2.45) is 0 Å². The highest BCUT2D eigenvalue weighted by Gasteiger charge is 2.23. The SMILES string of the molecule is O=C(CSc1ncnc2nc[nH]c12)N1CCNC(Cc2ccc(F)cc2)C1. The number of halogens is 1. The first kappa shape index (κ1) is 17.9. The molecular weight excluding hydrogens is 367 g/mol. The summed E-state index contributed by atoms with van der Waals surface area (Å²) in [5.74, 6) is 0.158. The Kier molecular flexibility index (Phi) is 5.30. The Hall–Kier alpha value is -2.52. The maximum absolute atomic E-state index is 13.0. The Morgan fingerprint density at radius 3 is 2.96 bits per heavy atom. The fourth-order valence-corrected chi connectivity index (χ4v) is 4.03. The molecular formula is C18H19FN6OS. The van der Waals surface area contributed by atoms with E-state index in [-0.39, 0.29) is 17.8 Å². The van der Waals surface area contributed by atoms with Gasteiger partial charge in [0.2, 0.25) is 5.91 Å². The van der Waals surface area contributed by atoms with Gasteiger partial charge in [0.1, 0.15) is 22.7 Å². The monoisotopic (exact) mass is 386 g/mol. The Balaban J connectivity index is 1.34. The first-order valence-corrected chi connectivity index (χ1v) is 9.70. The number of hydrogen-bond acceptors (Lipinski definition) is 6. The van der Waals surface area contributed by atoms with E-state index in [9.17, 15) is 9.18 Å². The quantitative estimate of drug-likeness (QED) is 0.512. The van der Waals surface area contributed by atoms with E-state index < -0.39 is 0 Å². The highest BCUT2D eigenvalue weighted by atomic mass is 32.2. The lowest BCUT2D eigenvalue weighted by Gasteiger charge is -2.34. The summed E-state index contributed by atoms with van der Waals surface area (Å²) >= 11 is 1.39. The van der Waals surface area contributed by atoms with E-state index in [1.807, 2.05) is 4.90 Å². The predicted molar refractivity (Wildman–Crippen MR) is 101 cm³/mol. The topological polar surface area (TPSA) is 86.8 Å². The summed E-state index contributed by atoms with van der Waals surface area (Å²) in [7, 11) is 0. The average Bonchev–Trinajstić information content (AvgIpc) is 3.17. The number of aromatic amines is 1. The molecule has 1 atom stereocenters. The van der Waals surface area contributed by atoms with Crippen molar-refractivity contribution >= 4 is 28.8 Å². The molecule has 1 aliphatic heterocycles. The molecule has 3 aromatic rings. The van der Waals surface area contributed by atoms with Crippen LogP contribution in [0.4, 0.5) is 4.39 Å². The lowest BCUT2D eigenvalue weighted by molar-refractivity contribution is -0.129. The Bertz CT molecular complexity index is 931. The van der Waals surface area contributed by atoms with Crippen molar-refractivity contribution in [2.75, 3.05) is 25.4 Å². The smallest absolute Gasteiger partial charge is 0.233 e. The van der Waals surface area contributed by atoms with E-state index >= 15 is 0 Å². The second-order valence-corrected chi connectivity index (χ2v) is 7.35. The minimum Gasteiger partial charge on any atom is -0.341 e. The van der Waals surface area contributed by atoms with Crippen molar-refractivity contribution in [1.82, 2.24) is 30.2 Å². The Labute approximate surface area is 159 Å². The van der Waals surface area contributed by atoms with Gasteiger partial charge in [-0.05, 0) is 24.1 Å². The normalized spacial score (nSPS) is 17.4. The highest BCUT2D eigenvalue weighted by molar-refractivity contribution is 8.00. The van der Waals surface area contributed by atoms with E-state index in [0.717, 1.165) is 29.1 Å². The molecule has 0 spiro atoms. The minimum absolute atomic E-state index is 0.0804. The number of benzene rings is 1. The molecule has 0 saturated carbocycles. The van der Waals surface area contributed by atoms with Gasteiger partial charge in [0.05, 0.1) is 12.1 Å².